The highest BCUT2D eigenvalue weighted by atomic mass is 15.0. The van der Waals surface area contributed by atoms with Gasteiger partial charge in [-0.3, -0.25) is 0 Å². The molecule has 2 nitrogen and oxygen atoms in total. The molecule has 0 radical (unpaired) electrons. The molecule has 80 valence electrons. The Morgan fingerprint density at radius 2 is 1.73 bits per heavy atom. The van der Waals surface area contributed by atoms with Gasteiger partial charge in [0.15, 0.2) is 0 Å². The van der Waals surface area contributed by atoms with Crippen LogP contribution in [-0.4, -0.2) is 11.1 Å². The van der Waals surface area contributed by atoms with Crippen LogP contribution in [-0.2, 0) is 6.54 Å². The number of fused-ring (bicyclic) bond motifs is 1. The average molecular weight is 202 g/mol. The van der Waals surface area contributed by atoms with Crippen LogP contribution >= 0.6 is 0 Å². The van der Waals surface area contributed by atoms with Gasteiger partial charge in [0.25, 0.3) is 0 Å². The van der Waals surface area contributed by atoms with Gasteiger partial charge in [-0.15, -0.1) is 0 Å². The second-order valence-corrected chi connectivity index (χ2v) is 4.25. The number of hydrogen-bond acceptors (Lipinski definition) is 1. The molecule has 0 amide bonds. The summed E-state index contributed by atoms with van der Waals surface area (Å²) in [7, 11) is 0. The van der Waals surface area contributed by atoms with Crippen molar-refractivity contribution in [3.8, 4) is 0 Å². The smallest absolute Gasteiger partial charge is 0.0486 e. The number of aryl methyl sites for hydroxylation is 3. The van der Waals surface area contributed by atoms with Crippen LogP contribution < -0.4 is 5.73 Å². The standard InChI is InChI=1S/C13H18N2/c1-9-6-12-11(3)8-15(5-4-14)13(12)7-10(9)2/h6-8H,4-5,14H2,1-3H3. The Kier molecular flexibility index (Phi) is 2.53. The van der Waals surface area contributed by atoms with Gasteiger partial charge in [0.1, 0.15) is 0 Å². The van der Waals surface area contributed by atoms with Crippen molar-refractivity contribution in [2.24, 2.45) is 5.73 Å². The zero-order valence-corrected chi connectivity index (χ0v) is 9.67. The maximum absolute atomic E-state index is 5.61. The van der Waals surface area contributed by atoms with Crippen molar-refractivity contribution in [3.05, 3.63) is 35.0 Å². The summed E-state index contributed by atoms with van der Waals surface area (Å²) in [5.41, 5.74) is 11.0. The minimum Gasteiger partial charge on any atom is -0.346 e. The van der Waals surface area contributed by atoms with Crippen LogP contribution in [0.4, 0.5) is 0 Å². The molecule has 1 heterocycles. The van der Waals surface area contributed by atoms with E-state index in [1.54, 1.807) is 0 Å². The normalized spacial score (nSPS) is 11.2. The van der Waals surface area contributed by atoms with E-state index in [0.717, 1.165) is 6.54 Å². The van der Waals surface area contributed by atoms with Gasteiger partial charge in [-0.1, -0.05) is 0 Å². The van der Waals surface area contributed by atoms with E-state index in [2.05, 4.69) is 43.7 Å². The van der Waals surface area contributed by atoms with Crippen LogP contribution in [0.3, 0.4) is 0 Å². The first-order valence-corrected chi connectivity index (χ1v) is 5.40. The Morgan fingerprint density at radius 1 is 1.07 bits per heavy atom. The third-order valence-electron chi connectivity index (χ3n) is 3.07. The zero-order chi connectivity index (χ0) is 11.0. The van der Waals surface area contributed by atoms with Crippen molar-refractivity contribution in [1.29, 1.82) is 0 Å². The largest absolute Gasteiger partial charge is 0.346 e. The van der Waals surface area contributed by atoms with Crippen LogP contribution in [0.2, 0.25) is 0 Å². The molecule has 0 atom stereocenters. The molecule has 0 unspecified atom stereocenters. The van der Waals surface area contributed by atoms with Gasteiger partial charge in [-0.25, -0.2) is 0 Å². The van der Waals surface area contributed by atoms with E-state index >= 15 is 0 Å². The van der Waals surface area contributed by atoms with E-state index in [-0.39, 0.29) is 0 Å². The number of aromatic nitrogens is 1. The number of nitrogens with zero attached hydrogens (tertiary/aromatic N) is 1. The summed E-state index contributed by atoms with van der Waals surface area (Å²) in [6, 6.07) is 4.53. The van der Waals surface area contributed by atoms with E-state index in [1.165, 1.54) is 27.6 Å². The molecule has 0 aliphatic heterocycles. The average Bonchev–Trinajstić information content (AvgIpc) is 2.46. The van der Waals surface area contributed by atoms with Gasteiger partial charge in [-0.2, -0.15) is 0 Å². The summed E-state index contributed by atoms with van der Waals surface area (Å²) in [6.45, 7) is 8.06. The van der Waals surface area contributed by atoms with Crippen LogP contribution in [0.25, 0.3) is 10.9 Å². The summed E-state index contributed by atoms with van der Waals surface area (Å²) < 4.78 is 2.25. The first kappa shape index (κ1) is 10.2. The number of rotatable bonds is 2. The lowest BCUT2D eigenvalue weighted by Crippen LogP contribution is -2.08. The Labute approximate surface area is 90.7 Å². The number of benzene rings is 1. The van der Waals surface area contributed by atoms with Crippen molar-refractivity contribution in [2.45, 2.75) is 27.3 Å². The lowest BCUT2D eigenvalue weighted by atomic mass is 10.1. The van der Waals surface area contributed by atoms with Gasteiger partial charge in [0.2, 0.25) is 0 Å². The summed E-state index contributed by atoms with van der Waals surface area (Å²) in [4.78, 5) is 0. The summed E-state index contributed by atoms with van der Waals surface area (Å²) in [5.74, 6) is 0. The lowest BCUT2D eigenvalue weighted by Gasteiger charge is -2.05. The minimum absolute atomic E-state index is 0.691. The van der Waals surface area contributed by atoms with Crippen molar-refractivity contribution >= 4 is 10.9 Å². The van der Waals surface area contributed by atoms with Gasteiger partial charge in [0.05, 0.1) is 0 Å². The third-order valence-corrected chi connectivity index (χ3v) is 3.07. The molecule has 1 aromatic carbocycles. The second-order valence-electron chi connectivity index (χ2n) is 4.25. The highest BCUT2D eigenvalue weighted by Gasteiger charge is 2.06. The SMILES string of the molecule is Cc1cc2c(C)cn(CCN)c2cc1C. The first-order valence-electron chi connectivity index (χ1n) is 5.40. The first-order chi connectivity index (χ1) is 7.13. The summed E-state index contributed by atoms with van der Waals surface area (Å²) >= 11 is 0. The quantitative estimate of drug-likeness (QED) is 0.797. The number of hydrogen-bond donors (Lipinski definition) is 1. The van der Waals surface area contributed by atoms with Crippen LogP contribution in [0.15, 0.2) is 18.3 Å². The Balaban J connectivity index is 2.70. The fraction of sp³-hybridized carbons (Fsp3) is 0.385. The van der Waals surface area contributed by atoms with Gasteiger partial charge in [0, 0.05) is 30.2 Å². The molecule has 0 spiro atoms. The van der Waals surface area contributed by atoms with E-state index in [4.69, 9.17) is 5.73 Å². The van der Waals surface area contributed by atoms with Gasteiger partial charge >= 0.3 is 0 Å². The maximum atomic E-state index is 5.61. The summed E-state index contributed by atoms with van der Waals surface area (Å²) in [5, 5.41) is 1.35. The van der Waals surface area contributed by atoms with Crippen molar-refractivity contribution in [2.75, 3.05) is 6.54 Å². The van der Waals surface area contributed by atoms with Crippen molar-refractivity contribution < 1.29 is 0 Å². The minimum atomic E-state index is 0.691. The molecule has 0 fully saturated rings. The fourth-order valence-electron chi connectivity index (χ4n) is 2.05. The predicted octanol–water partition coefficient (Wildman–Crippen LogP) is 2.53. The lowest BCUT2D eigenvalue weighted by molar-refractivity contribution is 0.733. The van der Waals surface area contributed by atoms with Gasteiger partial charge in [-0.05, 0) is 49.6 Å². The molecule has 0 aliphatic rings. The molecule has 2 rings (SSSR count). The van der Waals surface area contributed by atoms with E-state index in [9.17, 15) is 0 Å². The van der Waals surface area contributed by atoms with Crippen LogP contribution in [0.1, 0.15) is 16.7 Å². The summed E-state index contributed by atoms with van der Waals surface area (Å²) in [6.07, 6.45) is 2.19. The molecule has 2 N–H and O–H groups in total. The van der Waals surface area contributed by atoms with E-state index < -0.39 is 0 Å². The molecule has 2 heteroatoms. The Hall–Kier alpha value is -1.28. The van der Waals surface area contributed by atoms with Crippen LogP contribution in [0, 0.1) is 20.8 Å². The topological polar surface area (TPSA) is 30.9 Å². The van der Waals surface area contributed by atoms with Crippen molar-refractivity contribution in [1.82, 2.24) is 4.57 Å². The third kappa shape index (κ3) is 1.65. The highest BCUT2D eigenvalue weighted by molar-refractivity contribution is 5.85. The molecule has 0 aliphatic carbocycles. The van der Waals surface area contributed by atoms with E-state index in [1.807, 2.05) is 0 Å². The molecular weight excluding hydrogens is 184 g/mol. The van der Waals surface area contributed by atoms with E-state index in [0.29, 0.717) is 6.54 Å². The maximum Gasteiger partial charge on any atom is 0.0486 e. The molecule has 0 saturated carbocycles. The highest BCUT2D eigenvalue weighted by Crippen LogP contribution is 2.24. The number of nitrogens with two attached hydrogens (primary N) is 1. The molecule has 1 aromatic heterocycles. The Morgan fingerprint density at radius 3 is 2.40 bits per heavy atom. The monoisotopic (exact) mass is 202 g/mol. The zero-order valence-electron chi connectivity index (χ0n) is 9.67. The predicted molar refractivity (Wildman–Crippen MR) is 65.2 cm³/mol. The molecule has 0 bridgehead atoms. The van der Waals surface area contributed by atoms with Gasteiger partial charge < -0.3 is 10.3 Å². The Bertz CT molecular complexity index is 495. The molecule has 15 heavy (non-hydrogen) atoms. The van der Waals surface area contributed by atoms with Crippen molar-refractivity contribution in [3.63, 3.8) is 0 Å². The molecule has 2 aromatic rings. The fourth-order valence-corrected chi connectivity index (χ4v) is 2.05. The van der Waals surface area contributed by atoms with Crippen LogP contribution in [0.5, 0.6) is 0 Å². The molecule has 0 saturated heterocycles. The second kappa shape index (κ2) is 3.70. The molecular formula is C13H18N2.